The summed E-state index contributed by atoms with van der Waals surface area (Å²) in [6.45, 7) is 2.83. The van der Waals surface area contributed by atoms with Crippen LogP contribution >= 0.6 is 0 Å². The zero-order chi connectivity index (χ0) is 17.4. The second kappa shape index (κ2) is 9.15. The zero-order valence-electron chi connectivity index (χ0n) is 14.4. The Labute approximate surface area is 142 Å². The van der Waals surface area contributed by atoms with Crippen LogP contribution in [-0.2, 0) is 16.1 Å². The van der Waals surface area contributed by atoms with Crippen molar-refractivity contribution in [1.29, 1.82) is 0 Å². The topological polar surface area (TPSA) is 76.7 Å². The second-order valence-electron chi connectivity index (χ2n) is 5.93. The highest BCUT2D eigenvalue weighted by Crippen LogP contribution is 2.28. The molecule has 2 N–H and O–H groups in total. The first-order valence-electron chi connectivity index (χ1n) is 8.48. The molecule has 1 aromatic carbocycles. The summed E-state index contributed by atoms with van der Waals surface area (Å²) in [5.74, 6) is 1.17. The lowest BCUT2D eigenvalue weighted by atomic mass is 10.1. The molecule has 0 saturated heterocycles. The second-order valence-corrected chi connectivity index (χ2v) is 5.93. The fourth-order valence-electron chi connectivity index (χ4n) is 2.85. The Bertz CT molecular complexity index is 568. The molecule has 2 amide bonds. The van der Waals surface area contributed by atoms with Gasteiger partial charge in [0.15, 0.2) is 18.1 Å². The minimum atomic E-state index is -0.174. The molecule has 1 fully saturated rings. The molecule has 1 saturated carbocycles. The molecule has 2 rings (SSSR count). The molecule has 0 unspecified atom stereocenters. The van der Waals surface area contributed by atoms with E-state index in [0.29, 0.717) is 24.6 Å². The maximum absolute atomic E-state index is 12.1. The summed E-state index contributed by atoms with van der Waals surface area (Å²) in [5.41, 5.74) is 0.934. The van der Waals surface area contributed by atoms with Crippen LogP contribution in [0.3, 0.4) is 0 Å². The van der Waals surface area contributed by atoms with Crippen LogP contribution in [0.1, 0.15) is 38.2 Å². The van der Waals surface area contributed by atoms with Gasteiger partial charge in [0.25, 0.3) is 5.91 Å². The van der Waals surface area contributed by atoms with Gasteiger partial charge in [0, 0.05) is 19.0 Å². The number of hydrogen-bond donors (Lipinski definition) is 2. The van der Waals surface area contributed by atoms with E-state index >= 15 is 0 Å². The third-order valence-electron chi connectivity index (χ3n) is 4.15. The average Bonchev–Trinajstić information content (AvgIpc) is 3.13. The molecule has 6 heteroatoms. The first kappa shape index (κ1) is 18.1. The van der Waals surface area contributed by atoms with Gasteiger partial charge in [-0.05, 0) is 37.5 Å². The molecule has 0 atom stereocenters. The fraction of sp³-hybridized carbons (Fsp3) is 0.556. The van der Waals surface area contributed by atoms with E-state index in [1.165, 1.54) is 0 Å². The molecule has 132 valence electrons. The van der Waals surface area contributed by atoms with Gasteiger partial charge in [0.2, 0.25) is 5.91 Å². The molecule has 1 aliphatic carbocycles. The first-order chi connectivity index (χ1) is 11.6. The summed E-state index contributed by atoms with van der Waals surface area (Å²) in [5, 5.41) is 5.65. The highest BCUT2D eigenvalue weighted by Gasteiger charge is 2.22. The van der Waals surface area contributed by atoms with E-state index in [2.05, 4.69) is 10.6 Å². The Balaban J connectivity index is 1.90. The van der Waals surface area contributed by atoms with Gasteiger partial charge in [-0.25, -0.2) is 0 Å². The number of rotatable bonds is 8. The Morgan fingerprint density at radius 2 is 1.92 bits per heavy atom. The van der Waals surface area contributed by atoms with Crippen LogP contribution in [0, 0.1) is 5.92 Å². The molecule has 1 aliphatic rings. The Kier molecular flexibility index (Phi) is 6.90. The summed E-state index contributed by atoms with van der Waals surface area (Å²) in [4.78, 5) is 23.5. The standard InChI is InChI=1S/C18H26N2O4/c1-3-19-17(21)12-24-15-9-8-13(10-16(15)23-2)11-20-18(22)14-6-4-5-7-14/h8-10,14H,3-7,11-12H2,1-2H3,(H,19,21)(H,20,22). The van der Waals surface area contributed by atoms with Gasteiger partial charge in [-0.3, -0.25) is 9.59 Å². The number of ether oxygens (including phenoxy) is 2. The van der Waals surface area contributed by atoms with Gasteiger partial charge in [-0.1, -0.05) is 18.9 Å². The number of nitrogens with one attached hydrogen (secondary N) is 2. The predicted molar refractivity (Wildman–Crippen MR) is 91.0 cm³/mol. The number of carbonyl (C=O) groups excluding carboxylic acids is 2. The van der Waals surface area contributed by atoms with Crippen molar-refractivity contribution in [3.8, 4) is 11.5 Å². The summed E-state index contributed by atoms with van der Waals surface area (Å²) < 4.78 is 10.8. The van der Waals surface area contributed by atoms with Crippen LogP contribution in [-0.4, -0.2) is 32.1 Å². The highest BCUT2D eigenvalue weighted by molar-refractivity contribution is 5.79. The van der Waals surface area contributed by atoms with Crippen molar-refractivity contribution >= 4 is 11.8 Å². The molecule has 0 aromatic heterocycles. The van der Waals surface area contributed by atoms with E-state index in [1.54, 1.807) is 13.2 Å². The van der Waals surface area contributed by atoms with Crippen LogP contribution in [0.2, 0.25) is 0 Å². The third-order valence-corrected chi connectivity index (χ3v) is 4.15. The maximum atomic E-state index is 12.1. The summed E-state index contributed by atoms with van der Waals surface area (Å²) in [6, 6.07) is 5.45. The summed E-state index contributed by atoms with van der Waals surface area (Å²) >= 11 is 0. The van der Waals surface area contributed by atoms with Crippen LogP contribution in [0.15, 0.2) is 18.2 Å². The molecule has 1 aromatic rings. The van der Waals surface area contributed by atoms with Gasteiger partial charge in [-0.15, -0.1) is 0 Å². The van der Waals surface area contributed by atoms with Crippen LogP contribution < -0.4 is 20.1 Å². The molecule has 0 bridgehead atoms. The lowest BCUT2D eigenvalue weighted by Crippen LogP contribution is -2.29. The fourth-order valence-corrected chi connectivity index (χ4v) is 2.85. The number of benzene rings is 1. The van der Waals surface area contributed by atoms with Gasteiger partial charge >= 0.3 is 0 Å². The molecule has 6 nitrogen and oxygen atoms in total. The molecule has 0 radical (unpaired) electrons. The Morgan fingerprint density at radius 1 is 1.17 bits per heavy atom. The van der Waals surface area contributed by atoms with Crippen LogP contribution in [0.5, 0.6) is 11.5 Å². The zero-order valence-corrected chi connectivity index (χ0v) is 14.4. The maximum Gasteiger partial charge on any atom is 0.257 e. The average molecular weight is 334 g/mol. The van der Waals surface area contributed by atoms with E-state index in [1.807, 2.05) is 19.1 Å². The van der Waals surface area contributed by atoms with Gasteiger partial charge in [0.05, 0.1) is 7.11 Å². The molecule has 0 heterocycles. The number of amides is 2. The van der Waals surface area contributed by atoms with Crippen LogP contribution in [0.4, 0.5) is 0 Å². The monoisotopic (exact) mass is 334 g/mol. The van der Waals surface area contributed by atoms with Crippen molar-refractivity contribution in [1.82, 2.24) is 10.6 Å². The lowest BCUT2D eigenvalue weighted by molar-refractivity contribution is -0.125. The number of hydrogen-bond acceptors (Lipinski definition) is 4. The molecular weight excluding hydrogens is 308 g/mol. The largest absolute Gasteiger partial charge is 0.493 e. The summed E-state index contributed by atoms with van der Waals surface area (Å²) in [7, 11) is 1.55. The minimum absolute atomic E-state index is 0.0536. The van der Waals surface area contributed by atoms with E-state index in [9.17, 15) is 9.59 Å². The van der Waals surface area contributed by atoms with Gasteiger partial charge in [-0.2, -0.15) is 0 Å². The van der Waals surface area contributed by atoms with Crippen molar-refractivity contribution in [3.05, 3.63) is 23.8 Å². The number of methoxy groups -OCH3 is 1. The molecule has 0 aliphatic heterocycles. The van der Waals surface area contributed by atoms with Gasteiger partial charge in [0.1, 0.15) is 0 Å². The van der Waals surface area contributed by atoms with Crippen molar-refractivity contribution in [2.24, 2.45) is 5.92 Å². The lowest BCUT2D eigenvalue weighted by Gasteiger charge is -2.13. The van der Waals surface area contributed by atoms with Gasteiger partial charge < -0.3 is 20.1 Å². The van der Waals surface area contributed by atoms with Crippen molar-refractivity contribution in [2.45, 2.75) is 39.2 Å². The quantitative estimate of drug-likeness (QED) is 0.762. The SMILES string of the molecule is CCNC(=O)COc1ccc(CNC(=O)C2CCCC2)cc1OC. The van der Waals surface area contributed by atoms with Crippen LogP contribution in [0.25, 0.3) is 0 Å². The van der Waals surface area contributed by atoms with Crippen molar-refractivity contribution in [2.75, 3.05) is 20.3 Å². The van der Waals surface area contributed by atoms with E-state index in [-0.39, 0.29) is 24.3 Å². The molecule has 24 heavy (non-hydrogen) atoms. The van der Waals surface area contributed by atoms with E-state index in [0.717, 1.165) is 31.2 Å². The van der Waals surface area contributed by atoms with Crippen molar-refractivity contribution < 1.29 is 19.1 Å². The Morgan fingerprint density at radius 3 is 2.58 bits per heavy atom. The van der Waals surface area contributed by atoms with E-state index < -0.39 is 0 Å². The Hall–Kier alpha value is -2.24. The molecule has 0 spiro atoms. The third kappa shape index (κ3) is 5.15. The minimum Gasteiger partial charge on any atom is -0.493 e. The number of likely N-dealkylation sites (N-methyl/N-ethyl adjacent to an activating group) is 1. The van der Waals surface area contributed by atoms with Crippen molar-refractivity contribution in [3.63, 3.8) is 0 Å². The number of carbonyl (C=O) groups is 2. The first-order valence-corrected chi connectivity index (χ1v) is 8.48. The smallest absolute Gasteiger partial charge is 0.257 e. The molecular formula is C18H26N2O4. The van der Waals surface area contributed by atoms with E-state index in [4.69, 9.17) is 9.47 Å². The normalized spacial score (nSPS) is 14.2. The summed E-state index contributed by atoms with van der Waals surface area (Å²) in [6.07, 6.45) is 4.26. The highest BCUT2D eigenvalue weighted by atomic mass is 16.5. The predicted octanol–water partition coefficient (Wildman–Crippen LogP) is 2.02.